The Balaban J connectivity index is 2.70. The molecule has 70 valence electrons. The van der Waals surface area contributed by atoms with Crippen molar-refractivity contribution in [3.63, 3.8) is 0 Å². The lowest BCUT2D eigenvalue weighted by molar-refractivity contribution is 0.0882. The second-order valence-electron chi connectivity index (χ2n) is 2.97. The second-order valence-corrected chi connectivity index (χ2v) is 2.97. The Morgan fingerprint density at radius 3 is 1.92 bits per heavy atom. The van der Waals surface area contributed by atoms with Crippen molar-refractivity contribution in [3.05, 3.63) is 20.9 Å². The van der Waals surface area contributed by atoms with Crippen molar-refractivity contribution in [1.82, 2.24) is 0 Å². The number of aliphatic hydroxyl groups is 1. The summed E-state index contributed by atoms with van der Waals surface area (Å²) in [4.78, 5) is 5.27. The van der Waals surface area contributed by atoms with Gasteiger partial charge in [0.15, 0.2) is 0 Å². The summed E-state index contributed by atoms with van der Waals surface area (Å²) in [5.41, 5.74) is 16.4. The zero-order valence-electron chi connectivity index (χ0n) is 6.98. The molecule has 13 heavy (non-hydrogen) atoms. The highest BCUT2D eigenvalue weighted by Gasteiger charge is 2.30. The first kappa shape index (κ1) is 9.67. The molecule has 1 rings (SSSR count). The highest BCUT2D eigenvalue weighted by Crippen LogP contribution is 2.24. The average Bonchev–Trinajstić information content (AvgIpc) is 2.13. The first-order valence-corrected chi connectivity index (χ1v) is 4.06. The van der Waals surface area contributed by atoms with Gasteiger partial charge in [0.2, 0.25) is 0 Å². The van der Waals surface area contributed by atoms with Crippen molar-refractivity contribution in [2.45, 2.75) is 37.5 Å². The number of hydrogen-bond acceptors (Lipinski definition) is 3. The first-order valence-electron chi connectivity index (χ1n) is 4.06. The van der Waals surface area contributed by atoms with Crippen molar-refractivity contribution in [1.29, 1.82) is 0 Å². The average molecular weight is 182 g/mol. The van der Waals surface area contributed by atoms with Crippen molar-refractivity contribution >= 4 is 0 Å². The predicted octanol–water partition coefficient (Wildman–Crippen LogP) is 1.89. The Labute approximate surface area is 74.6 Å². The van der Waals surface area contributed by atoms with E-state index in [-0.39, 0.29) is 0 Å². The molecule has 0 heterocycles. The Morgan fingerprint density at radius 2 is 1.54 bits per heavy atom. The van der Waals surface area contributed by atoms with Crippen molar-refractivity contribution in [3.8, 4) is 0 Å². The van der Waals surface area contributed by atoms with Crippen LogP contribution in [0.4, 0.5) is 0 Å². The van der Waals surface area contributed by atoms with Crippen molar-refractivity contribution in [2.24, 2.45) is 10.2 Å². The number of aliphatic hydroxyl groups excluding tert-OH is 1. The van der Waals surface area contributed by atoms with Gasteiger partial charge >= 0.3 is 0 Å². The highest BCUT2D eigenvalue weighted by molar-refractivity contribution is 4.90. The molecule has 1 N–H and O–H groups in total. The van der Waals surface area contributed by atoms with Crippen LogP contribution in [0.5, 0.6) is 0 Å². The van der Waals surface area contributed by atoms with E-state index in [2.05, 4.69) is 20.1 Å². The fourth-order valence-corrected chi connectivity index (χ4v) is 1.52. The molecule has 1 aliphatic carbocycles. The molecule has 0 amide bonds. The van der Waals surface area contributed by atoms with Gasteiger partial charge in [0.05, 0.1) is 18.2 Å². The van der Waals surface area contributed by atoms with Crippen molar-refractivity contribution in [2.75, 3.05) is 0 Å². The van der Waals surface area contributed by atoms with Gasteiger partial charge in [0.1, 0.15) is 0 Å². The molecule has 7 heteroatoms. The number of rotatable bonds is 2. The molecule has 0 saturated heterocycles. The Morgan fingerprint density at radius 1 is 1.08 bits per heavy atom. The minimum atomic E-state index is -0.833. The van der Waals surface area contributed by atoms with Gasteiger partial charge in [0.25, 0.3) is 0 Å². The van der Waals surface area contributed by atoms with E-state index < -0.39 is 18.2 Å². The van der Waals surface area contributed by atoms with Crippen LogP contribution in [-0.2, 0) is 0 Å². The summed E-state index contributed by atoms with van der Waals surface area (Å²) < 4.78 is 0. The molecule has 0 spiro atoms. The van der Waals surface area contributed by atoms with Crippen LogP contribution in [-0.4, -0.2) is 23.3 Å². The van der Waals surface area contributed by atoms with Crippen LogP contribution in [0.2, 0.25) is 0 Å². The summed E-state index contributed by atoms with van der Waals surface area (Å²) in [6, 6.07) is -0.900. The molecule has 7 nitrogen and oxygen atoms in total. The lowest BCUT2D eigenvalue weighted by atomic mass is 9.89. The van der Waals surface area contributed by atoms with Gasteiger partial charge in [-0.1, -0.05) is 16.6 Å². The summed E-state index contributed by atoms with van der Waals surface area (Å²) in [5.74, 6) is 0. The van der Waals surface area contributed by atoms with E-state index in [4.69, 9.17) is 11.1 Å². The maximum atomic E-state index is 9.56. The molecular weight excluding hydrogens is 172 g/mol. The summed E-state index contributed by atoms with van der Waals surface area (Å²) in [6.07, 6.45) is 1.29. The fourth-order valence-electron chi connectivity index (χ4n) is 1.52. The molecule has 0 aliphatic heterocycles. The third-order valence-corrected chi connectivity index (χ3v) is 2.19. The molecule has 0 bridgehead atoms. The molecule has 0 aromatic heterocycles. The maximum Gasteiger partial charge on any atom is 0.0709 e. The molecule has 2 atom stereocenters. The zero-order valence-corrected chi connectivity index (χ0v) is 6.98. The van der Waals surface area contributed by atoms with Crippen molar-refractivity contribution < 1.29 is 5.11 Å². The second kappa shape index (κ2) is 4.57. The molecule has 2 unspecified atom stereocenters. The number of nitrogens with zero attached hydrogens (tertiary/aromatic N) is 6. The van der Waals surface area contributed by atoms with Crippen LogP contribution < -0.4 is 0 Å². The van der Waals surface area contributed by atoms with Gasteiger partial charge in [-0.3, -0.25) is 0 Å². The van der Waals surface area contributed by atoms with E-state index in [1.807, 2.05) is 0 Å². The van der Waals surface area contributed by atoms with Crippen LogP contribution in [0.1, 0.15) is 19.3 Å². The smallest absolute Gasteiger partial charge is 0.0709 e. The molecular formula is C6H10N6O. The molecule has 1 fully saturated rings. The quantitative estimate of drug-likeness (QED) is 0.391. The van der Waals surface area contributed by atoms with Gasteiger partial charge in [-0.2, -0.15) is 0 Å². The summed E-state index contributed by atoms with van der Waals surface area (Å²) in [7, 11) is 0. The van der Waals surface area contributed by atoms with Crippen LogP contribution >= 0.6 is 0 Å². The molecule has 1 saturated carbocycles. The summed E-state index contributed by atoms with van der Waals surface area (Å²) in [5, 5.41) is 16.4. The van der Waals surface area contributed by atoms with Gasteiger partial charge in [-0.25, -0.2) is 0 Å². The summed E-state index contributed by atoms with van der Waals surface area (Å²) >= 11 is 0. The normalized spacial score (nSPS) is 32.8. The van der Waals surface area contributed by atoms with E-state index in [0.717, 1.165) is 6.42 Å². The third kappa shape index (κ3) is 2.26. The van der Waals surface area contributed by atoms with Gasteiger partial charge in [-0.15, -0.1) is 0 Å². The molecule has 1 aliphatic rings. The van der Waals surface area contributed by atoms with E-state index in [1.54, 1.807) is 0 Å². The zero-order chi connectivity index (χ0) is 9.68. The monoisotopic (exact) mass is 182 g/mol. The van der Waals surface area contributed by atoms with E-state index in [1.165, 1.54) is 0 Å². The fraction of sp³-hybridized carbons (Fsp3) is 1.00. The minimum absolute atomic E-state index is 0.450. The minimum Gasteiger partial charge on any atom is -0.392 e. The Kier molecular flexibility index (Phi) is 3.40. The number of hydrogen-bond donors (Lipinski definition) is 1. The lowest BCUT2D eigenvalue weighted by Crippen LogP contribution is -2.38. The Bertz CT molecular complexity index is 240. The maximum absolute atomic E-state index is 9.56. The largest absolute Gasteiger partial charge is 0.392 e. The van der Waals surface area contributed by atoms with Crippen LogP contribution in [0, 0.1) is 0 Å². The van der Waals surface area contributed by atoms with Crippen LogP contribution in [0.25, 0.3) is 20.9 Å². The van der Waals surface area contributed by atoms with Crippen LogP contribution in [0.3, 0.4) is 0 Å². The topological polar surface area (TPSA) is 118 Å². The van der Waals surface area contributed by atoms with E-state index in [9.17, 15) is 5.11 Å². The molecule has 0 radical (unpaired) electrons. The van der Waals surface area contributed by atoms with Gasteiger partial charge in [-0.05, 0) is 23.9 Å². The van der Waals surface area contributed by atoms with E-state index >= 15 is 0 Å². The highest BCUT2D eigenvalue weighted by atomic mass is 16.3. The standard InChI is InChI=1S/C6H10N6O/c7-11-9-4-2-1-3-5(6(4)13)10-12-8/h4-6,13H,1-3H2. The first-order chi connectivity index (χ1) is 6.29. The SMILES string of the molecule is [N-]=[N+]=NC1CCCC(N=[N+]=[N-])C1O. The third-order valence-electron chi connectivity index (χ3n) is 2.19. The van der Waals surface area contributed by atoms with E-state index in [0.29, 0.717) is 12.8 Å². The van der Waals surface area contributed by atoms with Gasteiger partial charge in [0, 0.05) is 9.82 Å². The van der Waals surface area contributed by atoms with Crippen LogP contribution in [0.15, 0.2) is 10.2 Å². The Hall–Kier alpha value is -1.42. The predicted molar refractivity (Wildman–Crippen MR) is 45.7 cm³/mol. The lowest BCUT2D eigenvalue weighted by Gasteiger charge is -2.28. The summed E-state index contributed by atoms with van der Waals surface area (Å²) in [6.45, 7) is 0. The molecule has 0 aromatic carbocycles. The number of azide groups is 2. The molecule has 0 aromatic rings. The van der Waals surface area contributed by atoms with Gasteiger partial charge < -0.3 is 5.11 Å².